The van der Waals surface area contributed by atoms with Crippen LogP contribution in [-0.4, -0.2) is 397 Å². The predicted octanol–water partition coefficient (Wildman–Crippen LogP) is 0.970. The fourth-order valence-electron chi connectivity index (χ4n) is 12.7. The van der Waals surface area contributed by atoms with Gasteiger partial charge >= 0.3 is 46.7 Å². The monoisotopic (exact) mass is 2050 g/mol. The predicted molar refractivity (Wildman–Crippen MR) is 471 cm³/mol. The highest BCUT2D eigenvalue weighted by molar-refractivity contribution is 7.85. The number of halogens is 4. The molecule has 4 saturated heterocycles. The number of rotatable bonds is 16. The summed E-state index contributed by atoms with van der Waals surface area (Å²) < 4.78 is 87.6. The zero-order valence-corrected chi connectivity index (χ0v) is 77.4. The van der Waals surface area contributed by atoms with Crippen LogP contribution in [0.2, 0.25) is 20.1 Å². The fraction of sp³-hybridized carbons (Fsp3) is 0.377. The number of likely N-dealkylation sites (N-methyl/N-ethyl adjacent to an activating group) is 4. The minimum absolute atomic E-state index is 0.144. The van der Waals surface area contributed by atoms with Gasteiger partial charge in [-0.1, -0.05) is 46.4 Å². The van der Waals surface area contributed by atoms with Crippen molar-refractivity contribution in [1.82, 2.24) is 99.0 Å². The molecule has 0 spiro atoms. The third kappa shape index (κ3) is 30.2. The number of nitrogens with zero attached hydrogens (tertiary/aromatic N) is 24. The van der Waals surface area contributed by atoms with Crippen LogP contribution in [0.25, 0.3) is 0 Å². The summed E-state index contributed by atoms with van der Waals surface area (Å²) >= 11 is 23.6. The van der Waals surface area contributed by atoms with Crippen molar-refractivity contribution >= 4 is 163 Å². The van der Waals surface area contributed by atoms with Gasteiger partial charge in [-0.2, -0.15) is 16.8 Å². The number of anilines is 4. The number of aliphatic hydroxyl groups excluding tert-OH is 4. The number of carboxylic acid groups (broad SMARTS) is 2. The molecule has 61 heteroatoms. The zero-order chi connectivity index (χ0) is 101. The van der Waals surface area contributed by atoms with E-state index >= 15 is 0 Å². The smallest absolute Gasteiger partial charge is 0.412 e. The highest BCUT2D eigenvalue weighted by Gasteiger charge is 2.49. The molecule has 16 rings (SSSR count). The van der Waals surface area contributed by atoms with E-state index in [1.54, 1.807) is 68.1 Å². The SMILES string of the molecule is CN1CCN(C(=O)OC2c3nccnc3C(=O)N2c2ccc(Cl)cn2)CC1.CN1CCN(C(=O)OC2c3nccnc3C(=O)N2c2ccc(Cl)cn2)CC1.CN1CCN(C(=O)OC2c3nccnc3C(=O)N2c2ccc(Cl)cn2)CC1.CN1CCN(C(=O)OC2c3nccnc3C(=O)N2c2ccc(Cl)cn2)CC1.CS(=O)(=O)O.O=CO[C@@H](O)[C@H](O)C(=O)O.O=CO[C@H](O)[C@@H](O)C(=O)O.O=S(=O)(O)O. The lowest BCUT2D eigenvalue weighted by Gasteiger charge is -2.33. The van der Waals surface area contributed by atoms with Gasteiger partial charge in [-0.25, -0.2) is 88.2 Å². The quantitative estimate of drug-likeness (QED) is 0.0282. The van der Waals surface area contributed by atoms with Gasteiger partial charge in [0.2, 0.25) is 49.7 Å². The molecule has 4 fully saturated rings. The standard InChI is InChI=1S/4C17H17ClN6O3.2C4H6O6.CH4O3S.H2O4S/c4*1-22-6-8-23(9-7-22)17(26)27-16-14-13(19-4-5-20-14)15(25)24(16)12-3-2-11(18)10-21-12;2*5-1-10-4(9)2(6)3(7)8;2*1-5(2,3)4/h4*2-5,10,16H,6-9H2,1H3;2*1-2,4,6,9H,(H,7,8);1H3,(H,2,3,4);(H2,1,2,3,4)/t;;;;2*2-,4-;;/m....10../s1. The van der Waals surface area contributed by atoms with Crippen molar-refractivity contribution in [3.63, 3.8) is 0 Å². The van der Waals surface area contributed by atoms with Crippen molar-refractivity contribution in [1.29, 1.82) is 0 Å². The number of hydrogen-bond acceptors (Lipinski definition) is 42. The maximum atomic E-state index is 12.8. The molecule has 0 saturated carbocycles. The van der Waals surface area contributed by atoms with Crippen molar-refractivity contribution in [2.75, 3.05) is 159 Å². The molecule has 55 nitrogen and oxygen atoms in total. The van der Waals surface area contributed by atoms with Crippen LogP contribution in [0.4, 0.5) is 42.4 Å². The second-order valence-electron chi connectivity index (χ2n) is 29.3. The Bertz CT molecular complexity index is 5200. The molecular formula is C77H86Cl4N24O31S2. The average Bonchev–Trinajstić information content (AvgIpc) is 1.63. The molecule has 0 aromatic carbocycles. The number of aromatic nitrogens is 12. The van der Waals surface area contributed by atoms with Crippen LogP contribution in [0.3, 0.4) is 0 Å². The van der Waals surface area contributed by atoms with Gasteiger partial charge in [0.25, 0.3) is 46.7 Å². The normalized spacial score (nSPS) is 18.7. The third-order valence-corrected chi connectivity index (χ3v) is 20.5. The molecule has 8 atom stereocenters. The number of carbonyl (C=O) groups excluding carboxylic acids is 10. The molecule has 8 aromatic heterocycles. The van der Waals surface area contributed by atoms with Gasteiger partial charge in [0.05, 0.1) is 26.3 Å². The molecule has 4 unspecified atom stereocenters. The summed E-state index contributed by atoms with van der Waals surface area (Å²) in [5.41, 5.74) is 1.75. The second kappa shape index (κ2) is 49.9. The molecule has 740 valence electrons. The van der Waals surface area contributed by atoms with E-state index in [2.05, 4.69) is 88.9 Å². The molecule has 9 N–H and O–H groups in total. The summed E-state index contributed by atoms with van der Waals surface area (Å²) in [5.74, 6) is -3.80. The van der Waals surface area contributed by atoms with Crippen LogP contribution in [0, 0.1) is 0 Å². The Balaban J connectivity index is 0.000000187. The molecule has 138 heavy (non-hydrogen) atoms. The van der Waals surface area contributed by atoms with Gasteiger partial charge < -0.3 is 98.3 Å². The van der Waals surface area contributed by atoms with Crippen LogP contribution in [0.1, 0.15) is 89.6 Å². The molecule has 8 amide bonds. The fourth-order valence-corrected chi connectivity index (χ4v) is 13.1. The van der Waals surface area contributed by atoms with E-state index in [-0.39, 0.29) is 35.7 Å². The topological polar surface area (TPSA) is 704 Å². The van der Waals surface area contributed by atoms with E-state index in [4.69, 9.17) is 118 Å². The van der Waals surface area contributed by atoms with E-state index in [0.29, 0.717) is 125 Å². The molecule has 0 bridgehead atoms. The highest BCUT2D eigenvalue weighted by atomic mass is 35.5. The average molecular weight is 2050 g/mol. The van der Waals surface area contributed by atoms with Crippen molar-refractivity contribution < 1.29 is 147 Å². The van der Waals surface area contributed by atoms with Gasteiger partial charge in [0.1, 0.15) is 46.0 Å². The first kappa shape index (κ1) is 108. The summed E-state index contributed by atoms with van der Waals surface area (Å²) in [6, 6.07) is 12.8. The van der Waals surface area contributed by atoms with Crippen LogP contribution >= 0.6 is 46.4 Å². The number of amides is 8. The Morgan fingerprint density at radius 2 is 0.529 bits per heavy atom. The lowest BCUT2D eigenvalue weighted by atomic mass is 10.3. The maximum absolute atomic E-state index is 12.8. The maximum Gasteiger partial charge on any atom is 0.412 e. The van der Waals surface area contributed by atoms with E-state index in [0.717, 1.165) is 52.4 Å². The molecule has 8 aromatic rings. The van der Waals surface area contributed by atoms with Crippen LogP contribution in [0.15, 0.2) is 123 Å². The van der Waals surface area contributed by atoms with Crippen LogP contribution in [-0.2, 0) is 68.1 Å². The number of hydrogen-bond donors (Lipinski definition) is 9. The first-order valence-corrected chi connectivity index (χ1v) is 44.7. The highest BCUT2D eigenvalue weighted by Crippen LogP contribution is 2.41. The van der Waals surface area contributed by atoms with Crippen LogP contribution < -0.4 is 19.6 Å². The number of piperazine rings is 4. The third-order valence-electron chi connectivity index (χ3n) is 19.6. The summed E-state index contributed by atoms with van der Waals surface area (Å²) in [6.45, 7) is 10.2. The van der Waals surface area contributed by atoms with Crippen molar-refractivity contribution in [2.45, 2.75) is 49.7 Å². The number of aliphatic hydroxyl groups is 4. The number of carboxylic acids is 2. The summed E-state index contributed by atoms with van der Waals surface area (Å²) in [7, 11) is -0.341. The van der Waals surface area contributed by atoms with Crippen molar-refractivity contribution in [2.24, 2.45) is 0 Å². The number of ether oxygens (including phenoxy) is 6. The Hall–Kier alpha value is -13.6. The van der Waals surface area contributed by atoms with E-state index < -0.39 is 130 Å². The Morgan fingerprint density at radius 1 is 0.348 bits per heavy atom. The molecule has 8 aliphatic heterocycles. The Morgan fingerprint density at radius 3 is 0.688 bits per heavy atom. The largest absolute Gasteiger partial charge is 0.479 e. The number of aliphatic carboxylic acids is 2. The van der Waals surface area contributed by atoms with E-state index in [1.807, 2.05) is 28.2 Å². The first-order valence-electron chi connectivity index (χ1n) is 39.9. The summed E-state index contributed by atoms with van der Waals surface area (Å²) in [6.07, 6.45) is 3.65. The van der Waals surface area contributed by atoms with Gasteiger partial charge in [-0.15, -0.1) is 0 Å². The minimum atomic E-state index is -4.67. The number of fused-ring (bicyclic) bond motifs is 4. The summed E-state index contributed by atoms with van der Waals surface area (Å²) in [4.78, 5) is 211. The number of pyridine rings is 4. The molecule has 0 aliphatic carbocycles. The van der Waals surface area contributed by atoms with Crippen molar-refractivity contribution in [3.05, 3.63) is 189 Å². The van der Waals surface area contributed by atoms with Gasteiger partial charge in [-0.05, 0) is 76.7 Å². The Labute approximate surface area is 801 Å². The van der Waals surface area contributed by atoms with Gasteiger partial charge in [0, 0.05) is 179 Å². The van der Waals surface area contributed by atoms with Crippen LogP contribution in [0.5, 0.6) is 0 Å². The molecule has 8 aliphatic rings. The molecule has 16 heterocycles. The Kier molecular flexibility index (Phi) is 39.1. The van der Waals surface area contributed by atoms with E-state index in [1.165, 1.54) is 94.0 Å². The van der Waals surface area contributed by atoms with E-state index in [9.17, 15) is 66.0 Å². The molecular weight excluding hydrogens is 1960 g/mol. The lowest BCUT2D eigenvalue weighted by Crippen LogP contribution is -2.48. The first-order chi connectivity index (χ1) is 65.3. The molecule has 0 radical (unpaired) electrons. The lowest BCUT2D eigenvalue weighted by molar-refractivity contribution is -0.187. The second-order valence-corrected chi connectivity index (χ2v) is 33.4. The summed E-state index contributed by atoms with van der Waals surface area (Å²) in [5, 5.41) is 51.3. The van der Waals surface area contributed by atoms with Gasteiger partial charge in [0.15, 0.2) is 22.8 Å². The van der Waals surface area contributed by atoms with Gasteiger partial charge in [-0.3, -0.25) is 62.4 Å². The zero-order valence-electron chi connectivity index (χ0n) is 72.7. The van der Waals surface area contributed by atoms with Crippen molar-refractivity contribution in [3.8, 4) is 0 Å². The minimum Gasteiger partial charge on any atom is -0.479 e. The number of carbonyl (C=O) groups is 12.